The number of benzene rings is 1. The van der Waals surface area contributed by atoms with Crippen LogP contribution in [0.4, 0.5) is 17.3 Å². The quantitative estimate of drug-likeness (QED) is 0.875. The summed E-state index contributed by atoms with van der Waals surface area (Å²) in [4.78, 5) is 8.95. The molecule has 2 rings (SSSR count). The number of nitrogens with one attached hydrogen (secondary N) is 1. The van der Waals surface area contributed by atoms with E-state index in [0.717, 1.165) is 11.3 Å². The molecule has 5 heteroatoms. The fraction of sp³-hybridized carbons (Fsp3) is 0.333. The molecule has 0 aliphatic carbocycles. The standard InChI is InChI=1S/C15H19ClN4/c1-9-12(17)19-14(15(2,3)4)20-13(9)18-11-7-5-6-10(16)8-11/h5-8H,1-4H3,(H3,17,18,19,20). The van der Waals surface area contributed by atoms with E-state index in [0.29, 0.717) is 22.5 Å². The van der Waals surface area contributed by atoms with Gasteiger partial charge in [0.1, 0.15) is 17.5 Å². The summed E-state index contributed by atoms with van der Waals surface area (Å²) >= 11 is 5.99. The van der Waals surface area contributed by atoms with E-state index < -0.39 is 0 Å². The number of anilines is 3. The van der Waals surface area contributed by atoms with E-state index in [1.807, 2.05) is 31.2 Å². The Labute approximate surface area is 124 Å². The zero-order valence-corrected chi connectivity index (χ0v) is 12.9. The van der Waals surface area contributed by atoms with Gasteiger partial charge in [0.15, 0.2) is 0 Å². The fourth-order valence-corrected chi connectivity index (χ4v) is 1.88. The first-order valence-corrected chi connectivity index (χ1v) is 6.82. The molecule has 2 aromatic rings. The molecule has 0 aliphatic rings. The predicted molar refractivity (Wildman–Crippen MR) is 84.6 cm³/mol. The van der Waals surface area contributed by atoms with Crippen LogP contribution in [-0.2, 0) is 5.41 Å². The molecule has 0 bridgehead atoms. The monoisotopic (exact) mass is 290 g/mol. The summed E-state index contributed by atoms with van der Waals surface area (Å²) in [5.74, 6) is 1.92. The summed E-state index contributed by atoms with van der Waals surface area (Å²) in [7, 11) is 0. The Bertz CT molecular complexity index is 632. The number of hydrogen-bond donors (Lipinski definition) is 2. The van der Waals surface area contributed by atoms with Gasteiger partial charge in [0.05, 0.1) is 0 Å². The molecule has 1 heterocycles. The first-order chi connectivity index (χ1) is 9.27. The third kappa shape index (κ3) is 3.20. The number of halogens is 1. The van der Waals surface area contributed by atoms with Gasteiger partial charge in [-0.3, -0.25) is 0 Å². The highest BCUT2D eigenvalue weighted by atomic mass is 35.5. The lowest BCUT2D eigenvalue weighted by molar-refractivity contribution is 0.546. The van der Waals surface area contributed by atoms with Crippen molar-refractivity contribution in [1.29, 1.82) is 0 Å². The van der Waals surface area contributed by atoms with Crippen molar-refractivity contribution in [3.05, 3.63) is 40.7 Å². The van der Waals surface area contributed by atoms with Crippen LogP contribution < -0.4 is 11.1 Å². The van der Waals surface area contributed by atoms with Gasteiger partial charge in [-0.1, -0.05) is 38.4 Å². The maximum absolute atomic E-state index is 5.99. The second-order valence-corrected chi connectivity index (χ2v) is 6.23. The number of nitrogens with zero attached hydrogens (tertiary/aromatic N) is 2. The molecule has 0 spiro atoms. The zero-order valence-electron chi connectivity index (χ0n) is 12.2. The van der Waals surface area contributed by atoms with Crippen molar-refractivity contribution in [2.24, 2.45) is 0 Å². The largest absolute Gasteiger partial charge is 0.383 e. The van der Waals surface area contributed by atoms with Gasteiger partial charge in [-0.25, -0.2) is 9.97 Å². The van der Waals surface area contributed by atoms with Crippen LogP contribution in [0.15, 0.2) is 24.3 Å². The van der Waals surface area contributed by atoms with Crippen molar-refractivity contribution in [2.75, 3.05) is 11.1 Å². The van der Waals surface area contributed by atoms with Gasteiger partial charge in [-0.15, -0.1) is 0 Å². The highest BCUT2D eigenvalue weighted by Gasteiger charge is 2.20. The van der Waals surface area contributed by atoms with Crippen molar-refractivity contribution >= 4 is 28.9 Å². The van der Waals surface area contributed by atoms with E-state index in [9.17, 15) is 0 Å². The first-order valence-electron chi connectivity index (χ1n) is 6.44. The lowest BCUT2D eigenvalue weighted by Crippen LogP contribution is -2.18. The molecule has 0 aliphatic heterocycles. The van der Waals surface area contributed by atoms with E-state index in [1.165, 1.54) is 0 Å². The minimum atomic E-state index is -0.160. The molecule has 3 N–H and O–H groups in total. The predicted octanol–water partition coefficient (Wildman–Crippen LogP) is 4.06. The van der Waals surface area contributed by atoms with E-state index in [4.69, 9.17) is 17.3 Å². The Balaban J connectivity index is 2.43. The molecule has 1 aromatic carbocycles. The molecule has 0 saturated carbocycles. The molecule has 20 heavy (non-hydrogen) atoms. The Hall–Kier alpha value is -1.81. The SMILES string of the molecule is Cc1c(N)nc(C(C)(C)C)nc1Nc1cccc(Cl)c1. The second kappa shape index (κ2) is 5.29. The lowest BCUT2D eigenvalue weighted by atomic mass is 9.95. The van der Waals surface area contributed by atoms with E-state index >= 15 is 0 Å². The van der Waals surface area contributed by atoms with Crippen LogP contribution in [0, 0.1) is 6.92 Å². The highest BCUT2D eigenvalue weighted by molar-refractivity contribution is 6.30. The maximum atomic E-state index is 5.99. The van der Waals surface area contributed by atoms with Crippen LogP contribution in [0.25, 0.3) is 0 Å². The summed E-state index contributed by atoms with van der Waals surface area (Å²) in [5, 5.41) is 3.92. The second-order valence-electron chi connectivity index (χ2n) is 5.79. The molecule has 4 nitrogen and oxygen atoms in total. The van der Waals surface area contributed by atoms with Crippen LogP contribution >= 0.6 is 11.6 Å². The fourth-order valence-electron chi connectivity index (χ4n) is 1.69. The van der Waals surface area contributed by atoms with E-state index in [-0.39, 0.29) is 5.41 Å². The summed E-state index contributed by atoms with van der Waals surface area (Å²) < 4.78 is 0. The summed E-state index contributed by atoms with van der Waals surface area (Å²) in [6, 6.07) is 7.49. The molecule has 0 fully saturated rings. The Kier molecular flexibility index (Phi) is 3.86. The van der Waals surface area contributed by atoms with Crippen molar-refractivity contribution in [3.63, 3.8) is 0 Å². The van der Waals surface area contributed by atoms with Crippen molar-refractivity contribution in [3.8, 4) is 0 Å². The molecule has 0 unspecified atom stereocenters. The van der Waals surface area contributed by atoms with E-state index in [1.54, 1.807) is 0 Å². The van der Waals surface area contributed by atoms with Gasteiger partial charge >= 0.3 is 0 Å². The van der Waals surface area contributed by atoms with E-state index in [2.05, 4.69) is 36.1 Å². The third-order valence-corrected chi connectivity index (χ3v) is 3.18. The summed E-state index contributed by atoms with van der Waals surface area (Å²) in [5.41, 5.74) is 7.53. The number of aromatic nitrogens is 2. The van der Waals surface area contributed by atoms with Crippen LogP contribution in [0.2, 0.25) is 5.02 Å². The average Bonchev–Trinajstić information content (AvgIpc) is 2.33. The van der Waals surface area contributed by atoms with Crippen molar-refractivity contribution in [2.45, 2.75) is 33.1 Å². The zero-order chi connectivity index (χ0) is 14.9. The normalized spacial score (nSPS) is 11.4. The minimum absolute atomic E-state index is 0.160. The lowest BCUT2D eigenvalue weighted by Gasteiger charge is -2.19. The van der Waals surface area contributed by atoms with Crippen molar-refractivity contribution < 1.29 is 0 Å². The van der Waals surface area contributed by atoms with Gasteiger partial charge in [0, 0.05) is 21.7 Å². The first kappa shape index (κ1) is 14.6. The average molecular weight is 291 g/mol. The van der Waals surface area contributed by atoms with Gasteiger partial charge in [0.25, 0.3) is 0 Å². The van der Waals surface area contributed by atoms with Gasteiger partial charge < -0.3 is 11.1 Å². The molecular formula is C15H19ClN4. The Morgan fingerprint density at radius 3 is 2.50 bits per heavy atom. The van der Waals surface area contributed by atoms with Crippen LogP contribution in [0.3, 0.4) is 0 Å². The Morgan fingerprint density at radius 1 is 1.20 bits per heavy atom. The molecular weight excluding hydrogens is 272 g/mol. The number of nitrogens with two attached hydrogens (primary N) is 1. The molecule has 106 valence electrons. The number of nitrogen functional groups attached to an aromatic ring is 1. The summed E-state index contributed by atoms with van der Waals surface area (Å²) in [6.45, 7) is 8.06. The topological polar surface area (TPSA) is 63.8 Å². The molecule has 0 radical (unpaired) electrons. The van der Waals surface area contributed by atoms with Crippen molar-refractivity contribution in [1.82, 2.24) is 9.97 Å². The van der Waals surface area contributed by atoms with Gasteiger partial charge in [0.2, 0.25) is 0 Å². The van der Waals surface area contributed by atoms with Crippen LogP contribution in [-0.4, -0.2) is 9.97 Å². The van der Waals surface area contributed by atoms with Crippen LogP contribution in [0.5, 0.6) is 0 Å². The number of rotatable bonds is 2. The highest BCUT2D eigenvalue weighted by Crippen LogP contribution is 2.27. The van der Waals surface area contributed by atoms with Crippen LogP contribution in [0.1, 0.15) is 32.2 Å². The number of hydrogen-bond acceptors (Lipinski definition) is 4. The maximum Gasteiger partial charge on any atom is 0.139 e. The van der Waals surface area contributed by atoms with Gasteiger partial charge in [-0.05, 0) is 25.1 Å². The molecule has 0 atom stereocenters. The van der Waals surface area contributed by atoms with Gasteiger partial charge in [-0.2, -0.15) is 0 Å². The molecule has 0 saturated heterocycles. The smallest absolute Gasteiger partial charge is 0.139 e. The Morgan fingerprint density at radius 2 is 1.90 bits per heavy atom. The molecule has 0 amide bonds. The minimum Gasteiger partial charge on any atom is -0.383 e. The third-order valence-electron chi connectivity index (χ3n) is 2.94. The summed E-state index contributed by atoms with van der Waals surface area (Å²) in [6.07, 6.45) is 0. The molecule has 1 aromatic heterocycles.